The minimum atomic E-state index is 0.584. The van der Waals surface area contributed by atoms with Crippen molar-refractivity contribution < 1.29 is 0 Å². The number of rotatable bonds is 4. The Hall–Kier alpha value is -2.73. The standard InChI is InChI=1S/C16H15ClN6/c1-11-6-12(2)23(22-11)16-8-15(18-10-19-16)21-20-9-13-4-3-5-14(17)7-13/h3-10H,1-2H3,(H,18,19,21)/b20-9-. The van der Waals surface area contributed by atoms with Crippen molar-refractivity contribution in [1.82, 2.24) is 19.7 Å². The Bertz CT molecular complexity index is 855. The van der Waals surface area contributed by atoms with Crippen LogP contribution >= 0.6 is 11.6 Å². The van der Waals surface area contributed by atoms with Crippen LogP contribution < -0.4 is 5.43 Å². The molecule has 0 saturated carbocycles. The maximum Gasteiger partial charge on any atom is 0.159 e. The van der Waals surface area contributed by atoms with Gasteiger partial charge < -0.3 is 0 Å². The van der Waals surface area contributed by atoms with Gasteiger partial charge in [-0.15, -0.1) is 0 Å². The summed E-state index contributed by atoms with van der Waals surface area (Å²) in [5.74, 6) is 1.27. The SMILES string of the molecule is Cc1cc(C)n(-c2cc(N/N=C\c3cccc(Cl)c3)ncn2)n1. The molecular weight excluding hydrogens is 312 g/mol. The average Bonchev–Trinajstić information content (AvgIpc) is 2.86. The molecule has 23 heavy (non-hydrogen) atoms. The number of hydrazone groups is 1. The smallest absolute Gasteiger partial charge is 0.159 e. The zero-order valence-corrected chi connectivity index (χ0v) is 13.5. The van der Waals surface area contributed by atoms with Crippen molar-refractivity contribution in [2.45, 2.75) is 13.8 Å². The summed E-state index contributed by atoms with van der Waals surface area (Å²) in [4.78, 5) is 8.39. The number of aromatic nitrogens is 4. The fourth-order valence-corrected chi connectivity index (χ4v) is 2.34. The summed E-state index contributed by atoms with van der Waals surface area (Å²) in [6.07, 6.45) is 3.15. The van der Waals surface area contributed by atoms with Gasteiger partial charge in [0.25, 0.3) is 0 Å². The predicted octanol–water partition coefficient (Wildman–Crippen LogP) is 3.38. The first-order valence-corrected chi connectivity index (χ1v) is 7.40. The molecule has 0 saturated heterocycles. The molecule has 0 spiro atoms. The van der Waals surface area contributed by atoms with E-state index in [9.17, 15) is 0 Å². The van der Waals surface area contributed by atoms with E-state index in [1.807, 2.05) is 44.2 Å². The van der Waals surface area contributed by atoms with Crippen LogP contribution in [0.5, 0.6) is 0 Å². The number of anilines is 1. The van der Waals surface area contributed by atoms with E-state index in [1.165, 1.54) is 6.33 Å². The van der Waals surface area contributed by atoms with Gasteiger partial charge in [0.1, 0.15) is 6.33 Å². The van der Waals surface area contributed by atoms with Crippen molar-refractivity contribution >= 4 is 23.6 Å². The van der Waals surface area contributed by atoms with Crippen molar-refractivity contribution in [1.29, 1.82) is 0 Å². The summed E-state index contributed by atoms with van der Waals surface area (Å²) in [5, 5.41) is 9.24. The summed E-state index contributed by atoms with van der Waals surface area (Å²) >= 11 is 5.93. The molecule has 0 aliphatic rings. The van der Waals surface area contributed by atoms with E-state index in [0.717, 1.165) is 17.0 Å². The molecule has 116 valence electrons. The highest BCUT2D eigenvalue weighted by molar-refractivity contribution is 6.30. The van der Waals surface area contributed by atoms with E-state index in [0.29, 0.717) is 16.7 Å². The van der Waals surface area contributed by atoms with Gasteiger partial charge in [-0.1, -0.05) is 23.7 Å². The van der Waals surface area contributed by atoms with E-state index in [4.69, 9.17) is 11.6 Å². The molecule has 0 radical (unpaired) electrons. The first-order valence-electron chi connectivity index (χ1n) is 7.02. The highest BCUT2D eigenvalue weighted by Crippen LogP contribution is 2.12. The van der Waals surface area contributed by atoms with Crippen LogP contribution in [0.3, 0.4) is 0 Å². The molecule has 6 nitrogen and oxygen atoms in total. The van der Waals surface area contributed by atoms with Gasteiger partial charge in [0, 0.05) is 16.8 Å². The number of benzene rings is 1. The Balaban J connectivity index is 1.77. The maximum absolute atomic E-state index is 5.93. The van der Waals surface area contributed by atoms with Gasteiger partial charge in [-0.3, -0.25) is 5.43 Å². The second-order valence-corrected chi connectivity index (χ2v) is 5.46. The van der Waals surface area contributed by atoms with Gasteiger partial charge in [-0.05, 0) is 37.6 Å². The molecule has 0 bridgehead atoms. The van der Waals surface area contributed by atoms with Crippen molar-refractivity contribution in [3.8, 4) is 5.82 Å². The van der Waals surface area contributed by atoms with E-state index >= 15 is 0 Å². The van der Waals surface area contributed by atoms with E-state index < -0.39 is 0 Å². The highest BCUT2D eigenvalue weighted by atomic mass is 35.5. The molecule has 3 aromatic rings. The molecular formula is C16H15ClN6. The van der Waals surface area contributed by atoms with Crippen LogP contribution in [0.25, 0.3) is 5.82 Å². The lowest BCUT2D eigenvalue weighted by Gasteiger charge is -2.05. The quantitative estimate of drug-likeness (QED) is 0.589. The van der Waals surface area contributed by atoms with Crippen LogP contribution in [-0.2, 0) is 0 Å². The van der Waals surface area contributed by atoms with Crippen LogP contribution in [0.1, 0.15) is 17.0 Å². The fourth-order valence-electron chi connectivity index (χ4n) is 2.14. The van der Waals surface area contributed by atoms with Crippen LogP contribution in [0, 0.1) is 13.8 Å². The monoisotopic (exact) mass is 326 g/mol. The molecule has 0 amide bonds. The fraction of sp³-hybridized carbons (Fsp3) is 0.125. The van der Waals surface area contributed by atoms with Crippen molar-refractivity contribution in [3.05, 3.63) is 64.7 Å². The first-order chi connectivity index (χ1) is 11.1. The minimum Gasteiger partial charge on any atom is -0.261 e. The predicted molar refractivity (Wildman–Crippen MR) is 91.3 cm³/mol. The van der Waals surface area contributed by atoms with Gasteiger partial charge in [-0.25, -0.2) is 14.6 Å². The number of halogens is 1. The molecule has 0 aliphatic heterocycles. The van der Waals surface area contributed by atoms with Crippen LogP contribution in [0.4, 0.5) is 5.82 Å². The van der Waals surface area contributed by atoms with Crippen LogP contribution in [0.15, 0.2) is 47.8 Å². The topological polar surface area (TPSA) is 68.0 Å². The van der Waals surface area contributed by atoms with Crippen molar-refractivity contribution in [2.75, 3.05) is 5.43 Å². The molecule has 7 heteroatoms. The first kappa shape index (κ1) is 15.2. The molecule has 1 aromatic carbocycles. The largest absolute Gasteiger partial charge is 0.261 e. The molecule has 1 N–H and O–H groups in total. The van der Waals surface area contributed by atoms with Crippen LogP contribution in [0.2, 0.25) is 5.02 Å². The molecule has 2 heterocycles. The van der Waals surface area contributed by atoms with Gasteiger partial charge in [-0.2, -0.15) is 10.2 Å². The van der Waals surface area contributed by atoms with E-state index in [-0.39, 0.29) is 0 Å². The summed E-state index contributed by atoms with van der Waals surface area (Å²) in [6, 6.07) is 11.2. The summed E-state index contributed by atoms with van der Waals surface area (Å²) in [6.45, 7) is 3.92. The lowest BCUT2D eigenvalue weighted by Crippen LogP contribution is -2.04. The lowest BCUT2D eigenvalue weighted by atomic mass is 10.2. The Morgan fingerprint density at radius 2 is 2.04 bits per heavy atom. The van der Waals surface area contributed by atoms with E-state index in [1.54, 1.807) is 17.0 Å². The normalized spacial score (nSPS) is 11.1. The third kappa shape index (κ3) is 3.73. The van der Waals surface area contributed by atoms with Crippen molar-refractivity contribution in [3.63, 3.8) is 0 Å². The third-order valence-electron chi connectivity index (χ3n) is 3.12. The molecule has 0 aliphatic carbocycles. The molecule has 3 rings (SSSR count). The summed E-state index contributed by atoms with van der Waals surface area (Å²) in [5.41, 5.74) is 5.73. The van der Waals surface area contributed by atoms with Gasteiger partial charge >= 0.3 is 0 Å². The number of hydrogen-bond acceptors (Lipinski definition) is 5. The number of aryl methyl sites for hydroxylation is 2. The Morgan fingerprint density at radius 1 is 1.17 bits per heavy atom. The Kier molecular flexibility index (Phi) is 4.34. The summed E-state index contributed by atoms with van der Waals surface area (Å²) in [7, 11) is 0. The number of nitrogens with zero attached hydrogens (tertiary/aromatic N) is 5. The lowest BCUT2D eigenvalue weighted by molar-refractivity contribution is 0.801. The van der Waals surface area contributed by atoms with Gasteiger partial charge in [0.2, 0.25) is 0 Å². The molecule has 0 fully saturated rings. The summed E-state index contributed by atoms with van der Waals surface area (Å²) < 4.78 is 1.77. The van der Waals surface area contributed by atoms with Crippen molar-refractivity contribution in [2.24, 2.45) is 5.10 Å². The maximum atomic E-state index is 5.93. The molecule has 0 unspecified atom stereocenters. The number of hydrogen-bond donors (Lipinski definition) is 1. The molecule has 0 atom stereocenters. The highest BCUT2D eigenvalue weighted by Gasteiger charge is 2.06. The number of nitrogens with one attached hydrogen (secondary N) is 1. The third-order valence-corrected chi connectivity index (χ3v) is 3.36. The van der Waals surface area contributed by atoms with Gasteiger partial charge in [0.15, 0.2) is 11.6 Å². The van der Waals surface area contributed by atoms with Crippen LogP contribution in [-0.4, -0.2) is 26.0 Å². The second kappa shape index (κ2) is 6.58. The molecule has 2 aromatic heterocycles. The zero-order chi connectivity index (χ0) is 16.2. The Morgan fingerprint density at radius 3 is 2.78 bits per heavy atom. The second-order valence-electron chi connectivity index (χ2n) is 5.03. The zero-order valence-electron chi connectivity index (χ0n) is 12.7. The van der Waals surface area contributed by atoms with Gasteiger partial charge in [0.05, 0.1) is 11.9 Å². The minimum absolute atomic E-state index is 0.584. The Labute approximate surface area is 138 Å². The van der Waals surface area contributed by atoms with E-state index in [2.05, 4.69) is 25.6 Å². The average molecular weight is 327 g/mol.